The number of rotatable bonds is 1. The summed E-state index contributed by atoms with van der Waals surface area (Å²) in [5, 5.41) is 0. The maximum atomic E-state index is 11.9. The van der Waals surface area contributed by atoms with Gasteiger partial charge in [0.2, 0.25) is 0 Å². The second kappa shape index (κ2) is 3.28. The van der Waals surface area contributed by atoms with Crippen LogP contribution in [0.1, 0.15) is 13.3 Å². The molecule has 0 aromatic carbocycles. The average molecular weight is 220 g/mol. The van der Waals surface area contributed by atoms with E-state index in [2.05, 4.69) is 13.0 Å². The second-order valence-electron chi connectivity index (χ2n) is 4.99. The Balaban J connectivity index is 2.08. The molecule has 0 amide bonds. The lowest BCUT2D eigenvalue weighted by atomic mass is 9.67. The maximum Gasteiger partial charge on any atom is 0.192 e. The van der Waals surface area contributed by atoms with Gasteiger partial charge in [0, 0.05) is 24.9 Å². The molecule has 4 atom stereocenters. The van der Waals surface area contributed by atoms with Crippen molar-refractivity contribution in [3.8, 4) is 0 Å². The van der Waals surface area contributed by atoms with E-state index in [1.54, 1.807) is 19.3 Å². The molecule has 1 fully saturated rings. The van der Waals surface area contributed by atoms with Crippen LogP contribution in [0.3, 0.4) is 0 Å². The summed E-state index contributed by atoms with van der Waals surface area (Å²) in [7, 11) is 1.66. The van der Waals surface area contributed by atoms with Gasteiger partial charge in [0.15, 0.2) is 11.6 Å². The summed E-state index contributed by atoms with van der Waals surface area (Å²) in [6, 6.07) is 0. The Labute approximate surface area is 95.1 Å². The van der Waals surface area contributed by atoms with Crippen LogP contribution in [0.5, 0.6) is 0 Å². The monoisotopic (exact) mass is 220 g/mol. The van der Waals surface area contributed by atoms with E-state index < -0.39 is 5.79 Å². The highest BCUT2D eigenvalue weighted by Crippen LogP contribution is 2.50. The molecule has 0 radical (unpaired) electrons. The van der Waals surface area contributed by atoms with Crippen molar-refractivity contribution >= 4 is 5.78 Å². The van der Waals surface area contributed by atoms with Crippen LogP contribution in [0.4, 0.5) is 0 Å². The first-order chi connectivity index (χ1) is 7.66. The Hall–Kier alpha value is -0.930. The first kappa shape index (κ1) is 10.2. The van der Waals surface area contributed by atoms with Gasteiger partial charge >= 0.3 is 0 Å². The topological polar surface area (TPSA) is 35.5 Å². The number of methoxy groups -OCH3 is 1. The van der Waals surface area contributed by atoms with Gasteiger partial charge in [0.25, 0.3) is 0 Å². The van der Waals surface area contributed by atoms with Crippen molar-refractivity contribution in [3.63, 3.8) is 0 Å². The summed E-state index contributed by atoms with van der Waals surface area (Å²) in [5.41, 5.74) is 1.30. The first-order valence-electron chi connectivity index (χ1n) is 5.76. The molecular weight excluding hydrogens is 204 g/mol. The van der Waals surface area contributed by atoms with Gasteiger partial charge < -0.3 is 9.47 Å². The van der Waals surface area contributed by atoms with E-state index in [0.29, 0.717) is 12.5 Å². The van der Waals surface area contributed by atoms with Crippen molar-refractivity contribution in [2.24, 2.45) is 17.8 Å². The molecule has 0 aromatic rings. The lowest BCUT2D eigenvalue weighted by Gasteiger charge is -2.40. The number of hydrogen-bond donors (Lipinski definition) is 0. The van der Waals surface area contributed by atoms with E-state index in [1.807, 2.05) is 0 Å². The maximum absolute atomic E-state index is 11.9. The fourth-order valence-corrected chi connectivity index (χ4v) is 3.38. The molecule has 0 bridgehead atoms. The molecule has 0 N–H and O–H groups in total. The summed E-state index contributed by atoms with van der Waals surface area (Å²) in [6.45, 7) is 2.75. The van der Waals surface area contributed by atoms with E-state index in [1.165, 1.54) is 5.57 Å². The van der Waals surface area contributed by atoms with Crippen LogP contribution in [-0.4, -0.2) is 25.3 Å². The average Bonchev–Trinajstić information content (AvgIpc) is 2.64. The number of ether oxygens (including phenoxy) is 2. The Morgan fingerprint density at radius 1 is 1.56 bits per heavy atom. The molecule has 0 unspecified atom stereocenters. The van der Waals surface area contributed by atoms with Crippen LogP contribution in [0.25, 0.3) is 0 Å². The van der Waals surface area contributed by atoms with Gasteiger partial charge in [0.1, 0.15) is 0 Å². The summed E-state index contributed by atoms with van der Waals surface area (Å²) in [5.74, 6) is 0.106. The summed E-state index contributed by atoms with van der Waals surface area (Å²) < 4.78 is 11.3. The predicted molar refractivity (Wildman–Crippen MR) is 58.7 cm³/mol. The highest BCUT2D eigenvalue weighted by molar-refractivity contribution is 5.93. The van der Waals surface area contributed by atoms with Gasteiger partial charge in [0.05, 0.1) is 6.61 Å². The molecule has 0 aromatic heterocycles. The van der Waals surface area contributed by atoms with Crippen molar-refractivity contribution < 1.29 is 14.3 Å². The van der Waals surface area contributed by atoms with Crippen molar-refractivity contribution in [2.45, 2.75) is 19.1 Å². The van der Waals surface area contributed by atoms with Crippen LogP contribution in [0.2, 0.25) is 0 Å². The van der Waals surface area contributed by atoms with E-state index in [4.69, 9.17) is 9.47 Å². The highest BCUT2D eigenvalue weighted by atomic mass is 16.7. The highest BCUT2D eigenvalue weighted by Gasteiger charge is 2.56. The van der Waals surface area contributed by atoms with Crippen molar-refractivity contribution in [1.29, 1.82) is 0 Å². The third-order valence-electron chi connectivity index (χ3n) is 4.07. The SMILES string of the molecule is CO[C@]12C=CC(=O)[C@@H]3CC(C)=C[C@H](CO1)[C@@H]32. The quantitative estimate of drug-likeness (QED) is 0.631. The predicted octanol–water partition coefficient (Wildman–Crippen LogP) is 1.70. The molecule has 3 nitrogen and oxygen atoms in total. The van der Waals surface area contributed by atoms with Gasteiger partial charge in [-0.25, -0.2) is 0 Å². The molecule has 16 heavy (non-hydrogen) atoms. The largest absolute Gasteiger partial charge is 0.349 e. The third-order valence-corrected chi connectivity index (χ3v) is 4.07. The molecular formula is C13H16O3. The van der Waals surface area contributed by atoms with Gasteiger partial charge in [-0.05, 0) is 25.5 Å². The molecule has 3 aliphatic rings. The second-order valence-corrected chi connectivity index (χ2v) is 4.99. The van der Waals surface area contributed by atoms with Gasteiger partial charge in [-0.1, -0.05) is 11.6 Å². The van der Waals surface area contributed by atoms with Crippen molar-refractivity contribution in [3.05, 3.63) is 23.8 Å². The number of allylic oxidation sites excluding steroid dienone is 2. The zero-order chi connectivity index (χ0) is 11.3. The molecule has 3 rings (SSSR count). The van der Waals surface area contributed by atoms with Gasteiger partial charge in [-0.3, -0.25) is 4.79 Å². The fraction of sp³-hybridized carbons (Fsp3) is 0.615. The summed E-state index contributed by atoms with van der Waals surface area (Å²) in [6.07, 6.45) is 6.52. The first-order valence-corrected chi connectivity index (χ1v) is 5.76. The number of carbonyl (C=O) groups excluding carboxylic acids is 1. The normalized spacial score (nSPS) is 45.5. The minimum Gasteiger partial charge on any atom is -0.349 e. The zero-order valence-electron chi connectivity index (χ0n) is 9.60. The van der Waals surface area contributed by atoms with Gasteiger partial charge in [-0.15, -0.1) is 0 Å². The lowest BCUT2D eigenvalue weighted by Crippen LogP contribution is -2.47. The Bertz CT molecular complexity index is 396. The number of hydrogen-bond acceptors (Lipinski definition) is 3. The summed E-state index contributed by atoms with van der Waals surface area (Å²) >= 11 is 0. The molecule has 86 valence electrons. The number of ketones is 1. The van der Waals surface area contributed by atoms with Crippen LogP contribution in [0.15, 0.2) is 23.8 Å². The van der Waals surface area contributed by atoms with Crippen molar-refractivity contribution in [1.82, 2.24) is 0 Å². The summed E-state index contributed by atoms with van der Waals surface area (Å²) in [4.78, 5) is 11.9. The molecule has 0 saturated carbocycles. The molecule has 3 heteroatoms. The van der Waals surface area contributed by atoms with Crippen molar-refractivity contribution in [2.75, 3.05) is 13.7 Å². The minimum atomic E-state index is -0.652. The Morgan fingerprint density at radius 2 is 2.38 bits per heavy atom. The van der Waals surface area contributed by atoms with Gasteiger partial charge in [-0.2, -0.15) is 0 Å². The third kappa shape index (κ3) is 1.19. The molecule has 2 aliphatic carbocycles. The van der Waals surface area contributed by atoms with E-state index in [-0.39, 0.29) is 17.6 Å². The van der Waals surface area contributed by atoms with E-state index >= 15 is 0 Å². The van der Waals surface area contributed by atoms with Crippen LogP contribution in [0, 0.1) is 17.8 Å². The molecule has 1 heterocycles. The Kier molecular flexibility index (Phi) is 2.10. The zero-order valence-corrected chi connectivity index (χ0v) is 9.60. The smallest absolute Gasteiger partial charge is 0.192 e. The minimum absolute atomic E-state index is 0.0439. The molecule has 0 spiro atoms. The van der Waals surface area contributed by atoms with Crippen LogP contribution in [-0.2, 0) is 14.3 Å². The van der Waals surface area contributed by atoms with E-state index in [0.717, 1.165) is 6.42 Å². The standard InChI is InChI=1S/C13H16O3/c1-8-5-9-7-16-13(15-2)4-3-11(14)10(6-8)12(9)13/h3-5,9-10,12H,6-7H2,1-2H3/t9-,10+,12+,13-/m1/s1. The Morgan fingerprint density at radius 3 is 3.12 bits per heavy atom. The van der Waals surface area contributed by atoms with Crippen LogP contribution >= 0.6 is 0 Å². The number of carbonyl (C=O) groups is 1. The molecule has 1 saturated heterocycles. The lowest BCUT2D eigenvalue weighted by molar-refractivity contribution is -0.192. The van der Waals surface area contributed by atoms with Crippen LogP contribution < -0.4 is 0 Å². The van der Waals surface area contributed by atoms with E-state index in [9.17, 15) is 4.79 Å². The fourth-order valence-electron chi connectivity index (χ4n) is 3.38. The molecule has 1 aliphatic heterocycles.